The highest BCUT2D eigenvalue weighted by Crippen LogP contribution is 2.52. The Kier molecular flexibility index (Phi) is 5.05. The second-order valence-electron chi connectivity index (χ2n) is 9.93. The number of benzene rings is 2. The zero-order valence-corrected chi connectivity index (χ0v) is 19.8. The van der Waals surface area contributed by atoms with E-state index in [0.717, 1.165) is 59.4 Å². The van der Waals surface area contributed by atoms with Gasteiger partial charge in [-0.1, -0.05) is 36.4 Å². The van der Waals surface area contributed by atoms with E-state index in [-0.39, 0.29) is 23.9 Å². The number of aromatic nitrogens is 2. The lowest BCUT2D eigenvalue weighted by Gasteiger charge is -2.40. The Bertz CT molecular complexity index is 1250. The van der Waals surface area contributed by atoms with Gasteiger partial charge in [-0.05, 0) is 69.2 Å². The molecule has 1 saturated heterocycles. The minimum Gasteiger partial charge on any atom is -0.338 e. The molecule has 0 N–H and O–H groups in total. The van der Waals surface area contributed by atoms with Crippen LogP contribution in [-0.4, -0.2) is 50.5 Å². The van der Waals surface area contributed by atoms with Crippen molar-refractivity contribution in [1.29, 1.82) is 0 Å². The fourth-order valence-corrected chi connectivity index (χ4v) is 5.84. The molecule has 0 spiro atoms. The summed E-state index contributed by atoms with van der Waals surface area (Å²) < 4.78 is 1.85. The molecule has 6 nitrogen and oxygen atoms in total. The summed E-state index contributed by atoms with van der Waals surface area (Å²) in [6.07, 6.45) is 3.95. The number of carbonyl (C=O) groups is 2. The molecule has 3 aromatic rings. The average molecular weight is 455 g/mol. The highest BCUT2D eigenvalue weighted by atomic mass is 16.2. The normalized spacial score (nSPS) is 20.6. The summed E-state index contributed by atoms with van der Waals surface area (Å²) in [6.45, 7) is 5.38. The van der Waals surface area contributed by atoms with Gasteiger partial charge in [0.1, 0.15) is 5.69 Å². The van der Waals surface area contributed by atoms with E-state index in [1.54, 1.807) is 0 Å². The first-order valence-electron chi connectivity index (χ1n) is 12.4. The van der Waals surface area contributed by atoms with Crippen LogP contribution in [0.2, 0.25) is 0 Å². The van der Waals surface area contributed by atoms with E-state index in [2.05, 4.69) is 4.90 Å². The van der Waals surface area contributed by atoms with Crippen molar-refractivity contribution in [3.63, 3.8) is 0 Å². The first-order valence-corrected chi connectivity index (χ1v) is 12.4. The molecule has 34 heavy (non-hydrogen) atoms. The topological polar surface area (TPSA) is 58.4 Å². The number of fused-ring (bicyclic) bond motifs is 1. The fraction of sp³-hybridized carbons (Fsp3) is 0.393. The number of para-hydroxylation sites is 1. The largest absolute Gasteiger partial charge is 0.338 e. The molecule has 1 aliphatic carbocycles. The highest BCUT2D eigenvalue weighted by molar-refractivity contribution is 5.99. The van der Waals surface area contributed by atoms with Gasteiger partial charge >= 0.3 is 0 Å². The lowest BCUT2D eigenvalue weighted by atomic mass is 9.97. The van der Waals surface area contributed by atoms with Crippen LogP contribution >= 0.6 is 0 Å². The molecule has 1 unspecified atom stereocenters. The Hall–Kier alpha value is -3.41. The standard InChI is InChI=1S/C28H30N4O2/c1-18-8-6-7-11-23(18)27(33)30-16-14-21(15-17-30)31-25(20-12-13-20)24-19(2)29-32(26(24)28(31)34)22-9-4-3-5-10-22/h3-11,20-21,25H,12-17H2,1-2H3. The smallest absolute Gasteiger partial charge is 0.273 e. The van der Waals surface area contributed by atoms with Gasteiger partial charge < -0.3 is 9.80 Å². The molecule has 3 heterocycles. The van der Waals surface area contributed by atoms with Gasteiger partial charge in [0.25, 0.3) is 11.8 Å². The Balaban J connectivity index is 1.26. The number of rotatable bonds is 4. The van der Waals surface area contributed by atoms with Crippen molar-refractivity contribution in [2.75, 3.05) is 13.1 Å². The summed E-state index contributed by atoms with van der Waals surface area (Å²) in [5.74, 6) is 0.714. The molecule has 2 amide bonds. The van der Waals surface area contributed by atoms with Crippen LogP contribution in [0.3, 0.4) is 0 Å². The van der Waals surface area contributed by atoms with Gasteiger partial charge in [-0.3, -0.25) is 9.59 Å². The van der Waals surface area contributed by atoms with Crippen LogP contribution in [0.15, 0.2) is 54.6 Å². The van der Waals surface area contributed by atoms with Crippen molar-refractivity contribution >= 4 is 11.8 Å². The predicted molar refractivity (Wildman–Crippen MR) is 130 cm³/mol. The molecule has 0 bridgehead atoms. The molecular weight excluding hydrogens is 424 g/mol. The average Bonchev–Trinajstić information content (AvgIpc) is 3.58. The lowest BCUT2D eigenvalue weighted by molar-refractivity contribution is 0.0425. The first-order chi connectivity index (χ1) is 16.5. The molecule has 6 rings (SSSR count). The zero-order valence-electron chi connectivity index (χ0n) is 19.8. The van der Waals surface area contributed by atoms with Gasteiger partial charge in [0.15, 0.2) is 0 Å². The van der Waals surface area contributed by atoms with E-state index in [4.69, 9.17) is 5.10 Å². The maximum absolute atomic E-state index is 13.9. The van der Waals surface area contributed by atoms with Crippen LogP contribution in [0.4, 0.5) is 0 Å². The van der Waals surface area contributed by atoms with E-state index in [0.29, 0.717) is 19.0 Å². The number of piperidine rings is 1. The summed E-state index contributed by atoms with van der Waals surface area (Å²) in [5, 5.41) is 4.79. The maximum Gasteiger partial charge on any atom is 0.273 e. The second kappa shape index (κ2) is 8.12. The van der Waals surface area contributed by atoms with Crippen LogP contribution in [0.25, 0.3) is 5.69 Å². The molecule has 2 aliphatic heterocycles. The van der Waals surface area contributed by atoms with E-state index in [9.17, 15) is 9.59 Å². The van der Waals surface area contributed by atoms with Gasteiger partial charge in [0.05, 0.1) is 17.4 Å². The summed E-state index contributed by atoms with van der Waals surface area (Å²) in [5.41, 5.74) is 5.53. The number of hydrogen-bond donors (Lipinski definition) is 0. The van der Waals surface area contributed by atoms with Gasteiger partial charge in [0.2, 0.25) is 0 Å². The van der Waals surface area contributed by atoms with Crippen LogP contribution in [0.5, 0.6) is 0 Å². The molecule has 2 fully saturated rings. The number of likely N-dealkylation sites (tertiary alicyclic amines) is 1. The first kappa shape index (κ1) is 21.1. The van der Waals surface area contributed by atoms with Crippen molar-refractivity contribution in [3.05, 3.63) is 82.7 Å². The Morgan fingerprint density at radius 1 is 0.912 bits per heavy atom. The van der Waals surface area contributed by atoms with Crippen LogP contribution < -0.4 is 0 Å². The summed E-state index contributed by atoms with van der Waals surface area (Å²) in [4.78, 5) is 31.1. The summed E-state index contributed by atoms with van der Waals surface area (Å²) in [7, 11) is 0. The Labute approximate surface area is 200 Å². The van der Waals surface area contributed by atoms with E-state index >= 15 is 0 Å². The molecule has 174 valence electrons. The number of carbonyl (C=O) groups excluding carboxylic acids is 2. The van der Waals surface area contributed by atoms with E-state index in [1.807, 2.05) is 78.0 Å². The molecule has 0 radical (unpaired) electrons. The molecule has 1 aromatic heterocycles. The third kappa shape index (κ3) is 3.35. The zero-order chi connectivity index (χ0) is 23.4. The van der Waals surface area contributed by atoms with Crippen LogP contribution in [0.1, 0.15) is 69.4 Å². The molecular formula is C28H30N4O2. The van der Waals surface area contributed by atoms with Crippen molar-refractivity contribution in [1.82, 2.24) is 19.6 Å². The molecule has 6 heteroatoms. The third-order valence-corrected chi connectivity index (χ3v) is 7.73. The number of aryl methyl sites for hydroxylation is 2. The van der Waals surface area contributed by atoms with Crippen LogP contribution in [-0.2, 0) is 0 Å². The van der Waals surface area contributed by atoms with Crippen LogP contribution in [0, 0.1) is 19.8 Å². The SMILES string of the molecule is Cc1ccccc1C(=O)N1CCC(N2C(=O)c3c(c(C)nn3-c3ccccc3)C2C2CC2)CC1. The number of nitrogens with zero attached hydrogens (tertiary/aromatic N) is 4. The number of hydrogen-bond acceptors (Lipinski definition) is 3. The lowest BCUT2D eigenvalue weighted by Crippen LogP contribution is -2.48. The Morgan fingerprint density at radius 2 is 1.59 bits per heavy atom. The van der Waals surface area contributed by atoms with Gasteiger partial charge in [-0.25, -0.2) is 4.68 Å². The Morgan fingerprint density at radius 3 is 2.26 bits per heavy atom. The predicted octanol–water partition coefficient (Wildman–Crippen LogP) is 4.70. The fourth-order valence-electron chi connectivity index (χ4n) is 5.84. The quantitative estimate of drug-likeness (QED) is 0.574. The van der Waals surface area contributed by atoms with Gasteiger partial charge in [0, 0.05) is 30.3 Å². The minimum absolute atomic E-state index is 0.0973. The van der Waals surface area contributed by atoms with Crippen molar-refractivity contribution < 1.29 is 9.59 Å². The minimum atomic E-state index is 0.0973. The van der Waals surface area contributed by atoms with E-state index in [1.165, 1.54) is 0 Å². The highest BCUT2D eigenvalue weighted by Gasteiger charge is 2.51. The molecule has 2 aromatic carbocycles. The molecule has 1 atom stereocenters. The summed E-state index contributed by atoms with van der Waals surface area (Å²) >= 11 is 0. The monoisotopic (exact) mass is 454 g/mol. The van der Waals surface area contributed by atoms with Gasteiger partial charge in [-0.15, -0.1) is 0 Å². The third-order valence-electron chi connectivity index (χ3n) is 7.73. The van der Waals surface area contributed by atoms with Crippen molar-refractivity contribution in [2.45, 2.75) is 51.6 Å². The van der Waals surface area contributed by atoms with Crippen molar-refractivity contribution in [2.24, 2.45) is 5.92 Å². The number of amides is 2. The molecule has 1 saturated carbocycles. The van der Waals surface area contributed by atoms with Gasteiger partial charge in [-0.2, -0.15) is 5.10 Å². The van der Waals surface area contributed by atoms with Crippen molar-refractivity contribution in [3.8, 4) is 5.69 Å². The summed E-state index contributed by atoms with van der Waals surface area (Å²) in [6, 6.07) is 18.0. The second-order valence-corrected chi connectivity index (χ2v) is 9.93. The maximum atomic E-state index is 13.9. The molecule has 3 aliphatic rings. The van der Waals surface area contributed by atoms with E-state index < -0.39 is 0 Å².